The van der Waals surface area contributed by atoms with Crippen molar-refractivity contribution in [2.75, 3.05) is 19.6 Å². The monoisotopic (exact) mass is 266 g/mol. The fraction of sp³-hybridized carbons (Fsp3) is 1.00. The van der Waals surface area contributed by atoms with E-state index in [1.165, 1.54) is 45.2 Å². The largest absolute Gasteiger partial charge is 0.313 e. The van der Waals surface area contributed by atoms with Crippen molar-refractivity contribution in [1.29, 1.82) is 0 Å². The molecular formula is C17H34N2. The lowest BCUT2D eigenvalue weighted by Gasteiger charge is -2.46. The van der Waals surface area contributed by atoms with Gasteiger partial charge in [0.2, 0.25) is 0 Å². The van der Waals surface area contributed by atoms with Gasteiger partial charge in [0, 0.05) is 18.6 Å². The molecule has 0 spiro atoms. The molecule has 0 aromatic carbocycles. The summed E-state index contributed by atoms with van der Waals surface area (Å²) >= 11 is 0. The van der Waals surface area contributed by atoms with Gasteiger partial charge in [0.1, 0.15) is 0 Å². The standard InChI is InChI=1S/C17H34N2/c1-5-9-19(12-15-7-8-15)17-14(4)10-13(3)11-16(17)18-6-2/h13-18H,5-12H2,1-4H3. The molecule has 1 N–H and O–H groups in total. The molecule has 2 aliphatic rings. The zero-order chi connectivity index (χ0) is 13.8. The summed E-state index contributed by atoms with van der Waals surface area (Å²) in [6.07, 6.45) is 7.03. The van der Waals surface area contributed by atoms with Gasteiger partial charge in [-0.25, -0.2) is 0 Å². The Hall–Kier alpha value is -0.0800. The molecule has 2 nitrogen and oxygen atoms in total. The Kier molecular flexibility index (Phi) is 5.70. The van der Waals surface area contributed by atoms with E-state index in [0.717, 1.165) is 30.3 Å². The molecule has 0 aromatic heterocycles. The number of nitrogens with zero attached hydrogens (tertiary/aromatic N) is 1. The average Bonchev–Trinajstić information content (AvgIpc) is 3.12. The minimum absolute atomic E-state index is 0.717. The minimum atomic E-state index is 0.717. The Balaban J connectivity index is 2.04. The van der Waals surface area contributed by atoms with Gasteiger partial charge in [-0.1, -0.05) is 27.7 Å². The summed E-state index contributed by atoms with van der Waals surface area (Å²) in [5.74, 6) is 2.75. The molecule has 0 saturated heterocycles. The van der Waals surface area contributed by atoms with E-state index in [0.29, 0.717) is 6.04 Å². The molecule has 4 unspecified atom stereocenters. The van der Waals surface area contributed by atoms with E-state index < -0.39 is 0 Å². The van der Waals surface area contributed by atoms with Crippen LogP contribution in [0.1, 0.15) is 59.8 Å². The number of hydrogen-bond acceptors (Lipinski definition) is 2. The quantitative estimate of drug-likeness (QED) is 0.758. The fourth-order valence-corrected chi connectivity index (χ4v) is 4.20. The Morgan fingerprint density at radius 2 is 1.84 bits per heavy atom. The summed E-state index contributed by atoms with van der Waals surface area (Å²) in [6.45, 7) is 13.3. The van der Waals surface area contributed by atoms with Crippen LogP contribution in [0.3, 0.4) is 0 Å². The summed E-state index contributed by atoms with van der Waals surface area (Å²) in [6, 6.07) is 1.49. The summed E-state index contributed by atoms with van der Waals surface area (Å²) in [4.78, 5) is 2.83. The van der Waals surface area contributed by atoms with Crippen molar-refractivity contribution < 1.29 is 0 Å². The van der Waals surface area contributed by atoms with Gasteiger partial charge in [-0.05, 0) is 62.9 Å². The van der Waals surface area contributed by atoms with Crippen LogP contribution in [0.2, 0.25) is 0 Å². The van der Waals surface area contributed by atoms with Gasteiger partial charge < -0.3 is 5.32 Å². The minimum Gasteiger partial charge on any atom is -0.313 e. The molecule has 0 radical (unpaired) electrons. The van der Waals surface area contributed by atoms with Crippen LogP contribution in [0.4, 0.5) is 0 Å². The van der Waals surface area contributed by atoms with Crippen molar-refractivity contribution in [3.63, 3.8) is 0 Å². The van der Waals surface area contributed by atoms with Crippen molar-refractivity contribution >= 4 is 0 Å². The Morgan fingerprint density at radius 3 is 2.42 bits per heavy atom. The molecule has 2 saturated carbocycles. The van der Waals surface area contributed by atoms with Crippen LogP contribution in [0.5, 0.6) is 0 Å². The molecule has 19 heavy (non-hydrogen) atoms. The van der Waals surface area contributed by atoms with Crippen LogP contribution < -0.4 is 5.32 Å². The van der Waals surface area contributed by atoms with Crippen LogP contribution in [0, 0.1) is 17.8 Å². The van der Waals surface area contributed by atoms with Crippen LogP contribution in [-0.4, -0.2) is 36.6 Å². The third-order valence-corrected chi connectivity index (χ3v) is 5.01. The molecule has 4 atom stereocenters. The Labute approximate surface area is 120 Å². The third-order valence-electron chi connectivity index (χ3n) is 5.01. The lowest BCUT2D eigenvalue weighted by Crippen LogP contribution is -2.57. The second-order valence-electron chi connectivity index (χ2n) is 7.15. The first-order valence-electron chi connectivity index (χ1n) is 8.63. The average molecular weight is 266 g/mol. The van der Waals surface area contributed by atoms with Gasteiger partial charge in [0.05, 0.1) is 0 Å². The number of rotatable bonds is 7. The van der Waals surface area contributed by atoms with Gasteiger partial charge in [-0.15, -0.1) is 0 Å². The first-order valence-corrected chi connectivity index (χ1v) is 8.63. The first kappa shape index (κ1) is 15.3. The summed E-state index contributed by atoms with van der Waals surface area (Å²) in [5, 5.41) is 3.79. The van der Waals surface area contributed by atoms with Crippen LogP contribution >= 0.6 is 0 Å². The number of likely N-dealkylation sites (N-methyl/N-ethyl adjacent to an activating group) is 1. The van der Waals surface area contributed by atoms with E-state index >= 15 is 0 Å². The van der Waals surface area contributed by atoms with Crippen LogP contribution in [0.15, 0.2) is 0 Å². The zero-order valence-electron chi connectivity index (χ0n) is 13.5. The van der Waals surface area contributed by atoms with Gasteiger partial charge in [-0.2, -0.15) is 0 Å². The molecule has 0 aromatic rings. The highest BCUT2D eigenvalue weighted by Crippen LogP contribution is 2.36. The third kappa shape index (κ3) is 4.19. The van der Waals surface area contributed by atoms with E-state index in [2.05, 4.69) is 37.9 Å². The molecule has 0 aliphatic heterocycles. The second-order valence-corrected chi connectivity index (χ2v) is 7.15. The lowest BCUT2D eigenvalue weighted by molar-refractivity contribution is 0.0582. The van der Waals surface area contributed by atoms with Crippen molar-refractivity contribution in [3.05, 3.63) is 0 Å². The van der Waals surface area contributed by atoms with E-state index in [9.17, 15) is 0 Å². The molecule has 2 heteroatoms. The highest BCUT2D eigenvalue weighted by atomic mass is 15.2. The topological polar surface area (TPSA) is 15.3 Å². The molecule has 2 fully saturated rings. The molecule has 112 valence electrons. The maximum absolute atomic E-state index is 3.79. The van der Waals surface area contributed by atoms with E-state index in [4.69, 9.17) is 0 Å². The van der Waals surface area contributed by atoms with Crippen molar-refractivity contribution in [3.8, 4) is 0 Å². The zero-order valence-corrected chi connectivity index (χ0v) is 13.5. The summed E-state index contributed by atoms with van der Waals surface area (Å²) < 4.78 is 0. The normalized spacial score (nSPS) is 35.8. The Morgan fingerprint density at radius 1 is 1.11 bits per heavy atom. The van der Waals surface area contributed by atoms with Crippen LogP contribution in [0.25, 0.3) is 0 Å². The Bertz CT molecular complexity index is 262. The SMILES string of the molecule is CCCN(CC1CC1)C1C(C)CC(C)CC1NCC. The van der Waals surface area contributed by atoms with Crippen LogP contribution in [-0.2, 0) is 0 Å². The highest BCUT2D eigenvalue weighted by Gasteiger charge is 2.38. The van der Waals surface area contributed by atoms with Gasteiger partial charge in [0.15, 0.2) is 0 Å². The molecular weight excluding hydrogens is 232 g/mol. The van der Waals surface area contributed by atoms with Crippen molar-refractivity contribution in [1.82, 2.24) is 10.2 Å². The summed E-state index contributed by atoms with van der Waals surface area (Å²) in [7, 11) is 0. The predicted molar refractivity (Wildman–Crippen MR) is 83.4 cm³/mol. The maximum Gasteiger partial charge on any atom is 0.0275 e. The van der Waals surface area contributed by atoms with E-state index in [1.54, 1.807) is 0 Å². The van der Waals surface area contributed by atoms with E-state index in [1.807, 2.05) is 0 Å². The maximum atomic E-state index is 3.79. The van der Waals surface area contributed by atoms with Crippen molar-refractivity contribution in [2.24, 2.45) is 17.8 Å². The van der Waals surface area contributed by atoms with Crippen molar-refractivity contribution in [2.45, 2.75) is 71.9 Å². The van der Waals surface area contributed by atoms with Gasteiger partial charge in [0.25, 0.3) is 0 Å². The summed E-state index contributed by atoms with van der Waals surface area (Å²) in [5.41, 5.74) is 0. The molecule has 2 rings (SSSR count). The predicted octanol–water partition coefficient (Wildman–Crippen LogP) is 3.52. The molecule has 0 amide bonds. The molecule has 0 heterocycles. The highest BCUT2D eigenvalue weighted by molar-refractivity contribution is 4.95. The number of nitrogens with one attached hydrogen (secondary N) is 1. The second kappa shape index (κ2) is 7.08. The number of hydrogen-bond donors (Lipinski definition) is 1. The lowest BCUT2D eigenvalue weighted by atomic mass is 9.75. The first-order chi connectivity index (χ1) is 9.15. The molecule has 0 bridgehead atoms. The fourth-order valence-electron chi connectivity index (χ4n) is 4.20. The van der Waals surface area contributed by atoms with Gasteiger partial charge in [-0.3, -0.25) is 4.90 Å². The molecule has 2 aliphatic carbocycles. The van der Waals surface area contributed by atoms with E-state index in [-0.39, 0.29) is 0 Å². The van der Waals surface area contributed by atoms with Gasteiger partial charge >= 0.3 is 0 Å². The smallest absolute Gasteiger partial charge is 0.0275 e.